The standard InChI is InChI=1S/C17H19N4/c1-3-4-10-16-20-17-15(18-12-19-17)11-21(16)13(2)14-8-6-5-7-9-14/h5-9,12-13H,3-4,10H2,1-2H3. The molecular weight excluding hydrogens is 260 g/mol. The van der Waals surface area contributed by atoms with E-state index in [0.717, 1.165) is 30.8 Å². The zero-order valence-electron chi connectivity index (χ0n) is 12.5. The molecule has 1 aromatic carbocycles. The van der Waals surface area contributed by atoms with E-state index in [-0.39, 0.29) is 6.04 Å². The zero-order chi connectivity index (χ0) is 14.7. The van der Waals surface area contributed by atoms with Gasteiger partial charge in [-0.05, 0) is 18.9 Å². The molecule has 4 heteroatoms. The average molecular weight is 279 g/mol. The largest absolute Gasteiger partial charge is 0.319 e. The number of hydrogen-bond acceptors (Lipinski definition) is 3. The molecule has 0 aliphatic carbocycles. The summed E-state index contributed by atoms with van der Waals surface area (Å²) in [6.45, 7) is 4.36. The molecule has 0 aromatic heterocycles. The highest BCUT2D eigenvalue weighted by atomic mass is 15.1. The molecule has 1 aromatic rings. The normalized spacial score (nSPS) is 12.7. The van der Waals surface area contributed by atoms with Gasteiger partial charge in [0, 0.05) is 6.42 Å². The lowest BCUT2D eigenvalue weighted by Crippen LogP contribution is -2.16. The summed E-state index contributed by atoms with van der Waals surface area (Å²) in [6.07, 6.45) is 8.11. The second-order valence-corrected chi connectivity index (χ2v) is 5.25. The highest BCUT2D eigenvalue weighted by molar-refractivity contribution is 5.48. The van der Waals surface area contributed by atoms with Crippen LogP contribution in [-0.4, -0.2) is 19.5 Å². The zero-order valence-corrected chi connectivity index (χ0v) is 12.5. The van der Waals surface area contributed by atoms with E-state index < -0.39 is 0 Å². The summed E-state index contributed by atoms with van der Waals surface area (Å²) in [5.41, 5.74) is 1.98. The second-order valence-electron chi connectivity index (χ2n) is 5.25. The number of hydrogen-bond donors (Lipinski definition) is 0. The number of aryl methyl sites for hydroxylation is 1. The van der Waals surface area contributed by atoms with Crippen molar-refractivity contribution in [1.82, 2.24) is 19.5 Å². The number of rotatable bonds is 5. The van der Waals surface area contributed by atoms with E-state index in [2.05, 4.69) is 63.8 Å². The van der Waals surface area contributed by atoms with Crippen LogP contribution >= 0.6 is 0 Å². The molecule has 107 valence electrons. The van der Waals surface area contributed by atoms with E-state index >= 15 is 0 Å². The van der Waals surface area contributed by atoms with Crippen molar-refractivity contribution in [1.29, 1.82) is 0 Å². The van der Waals surface area contributed by atoms with Crippen LogP contribution in [0, 0.1) is 6.20 Å². The second kappa shape index (κ2) is 6.04. The lowest BCUT2D eigenvalue weighted by atomic mass is 10.1. The summed E-state index contributed by atoms with van der Waals surface area (Å²) < 4.78 is 2.11. The van der Waals surface area contributed by atoms with Crippen molar-refractivity contribution in [3.8, 4) is 11.5 Å². The molecule has 1 radical (unpaired) electrons. The van der Waals surface area contributed by atoms with Gasteiger partial charge in [-0.2, -0.15) is 0 Å². The Kier molecular flexibility index (Phi) is 3.95. The Labute approximate surface area is 125 Å². The first-order chi connectivity index (χ1) is 10.3. The third-order valence-corrected chi connectivity index (χ3v) is 3.74. The minimum absolute atomic E-state index is 0.187. The van der Waals surface area contributed by atoms with Crippen LogP contribution in [0.15, 0.2) is 36.7 Å². The fraction of sp³-hybridized carbons (Fsp3) is 0.353. The van der Waals surface area contributed by atoms with Gasteiger partial charge in [0.15, 0.2) is 5.82 Å². The molecule has 0 N–H and O–H groups in total. The van der Waals surface area contributed by atoms with Crippen LogP contribution in [-0.2, 0) is 6.42 Å². The fourth-order valence-electron chi connectivity index (χ4n) is 2.49. The van der Waals surface area contributed by atoms with Gasteiger partial charge in [0.2, 0.25) is 0 Å². The van der Waals surface area contributed by atoms with Crippen molar-refractivity contribution >= 4 is 0 Å². The van der Waals surface area contributed by atoms with Crippen LogP contribution in [0.5, 0.6) is 0 Å². The maximum Gasteiger partial charge on any atom is 0.183 e. The minimum atomic E-state index is 0.187. The number of aromatic nitrogens is 4. The summed E-state index contributed by atoms with van der Waals surface area (Å²) >= 11 is 0. The van der Waals surface area contributed by atoms with Gasteiger partial charge in [-0.15, -0.1) is 0 Å². The van der Waals surface area contributed by atoms with E-state index in [1.54, 1.807) is 6.33 Å². The lowest BCUT2D eigenvalue weighted by molar-refractivity contribution is 0.565. The third kappa shape index (κ3) is 2.79. The fourth-order valence-corrected chi connectivity index (χ4v) is 2.49. The van der Waals surface area contributed by atoms with Crippen LogP contribution in [0.4, 0.5) is 0 Å². The van der Waals surface area contributed by atoms with E-state index in [1.165, 1.54) is 5.56 Å². The van der Waals surface area contributed by atoms with Crippen LogP contribution < -0.4 is 0 Å². The molecule has 0 spiro atoms. The Bertz CT molecular complexity index is 675. The van der Waals surface area contributed by atoms with Gasteiger partial charge in [0.05, 0.1) is 12.2 Å². The van der Waals surface area contributed by atoms with Gasteiger partial charge < -0.3 is 4.57 Å². The Balaban J connectivity index is 2.04. The molecule has 0 saturated carbocycles. The molecule has 2 aliphatic heterocycles. The Morgan fingerprint density at radius 2 is 2.00 bits per heavy atom. The summed E-state index contributed by atoms with van der Waals surface area (Å²) in [7, 11) is 0. The summed E-state index contributed by atoms with van der Waals surface area (Å²) in [5.74, 6) is 1.72. The molecule has 4 nitrogen and oxygen atoms in total. The molecule has 0 fully saturated rings. The molecule has 0 bridgehead atoms. The SMILES string of the molecule is CCCCc1nc2ncnc-2[c]n1C(C)c1ccccc1. The van der Waals surface area contributed by atoms with Crippen molar-refractivity contribution in [2.24, 2.45) is 0 Å². The quantitative estimate of drug-likeness (QED) is 0.717. The highest BCUT2D eigenvalue weighted by Gasteiger charge is 2.17. The molecule has 21 heavy (non-hydrogen) atoms. The number of fused-ring (bicyclic) bond motifs is 1. The van der Waals surface area contributed by atoms with Crippen LogP contribution in [0.1, 0.15) is 44.1 Å². The van der Waals surface area contributed by atoms with Crippen LogP contribution in [0.2, 0.25) is 0 Å². The highest BCUT2D eigenvalue weighted by Crippen LogP contribution is 2.23. The number of benzene rings is 1. The Hall–Kier alpha value is -2.23. The smallest absolute Gasteiger partial charge is 0.183 e. The van der Waals surface area contributed by atoms with Crippen molar-refractivity contribution < 1.29 is 0 Å². The van der Waals surface area contributed by atoms with Gasteiger partial charge in [-0.1, -0.05) is 43.7 Å². The molecule has 1 atom stereocenters. The van der Waals surface area contributed by atoms with E-state index in [4.69, 9.17) is 0 Å². The van der Waals surface area contributed by atoms with E-state index in [0.29, 0.717) is 5.82 Å². The number of imidazole rings is 1. The van der Waals surface area contributed by atoms with Gasteiger partial charge in [0.25, 0.3) is 0 Å². The van der Waals surface area contributed by atoms with E-state index in [1.807, 2.05) is 6.07 Å². The molecule has 1 unspecified atom stereocenters. The molecule has 0 amide bonds. The van der Waals surface area contributed by atoms with Crippen LogP contribution in [0.25, 0.3) is 11.5 Å². The third-order valence-electron chi connectivity index (χ3n) is 3.74. The first-order valence-corrected chi connectivity index (χ1v) is 7.45. The van der Waals surface area contributed by atoms with Crippen molar-refractivity contribution in [2.45, 2.75) is 39.2 Å². The Morgan fingerprint density at radius 3 is 2.76 bits per heavy atom. The van der Waals surface area contributed by atoms with Gasteiger partial charge >= 0.3 is 0 Å². The molecule has 3 rings (SSSR count). The maximum atomic E-state index is 4.68. The maximum absolute atomic E-state index is 4.68. The predicted molar refractivity (Wildman–Crippen MR) is 82.1 cm³/mol. The van der Waals surface area contributed by atoms with Gasteiger partial charge in [-0.25, -0.2) is 15.0 Å². The van der Waals surface area contributed by atoms with Crippen molar-refractivity contribution in [2.75, 3.05) is 0 Å². The lowest BCUT2D eigenvalue weighted by Gasteiger charge is -2.20. The molecule has 2 aliphatic rings. The van der Waals surface area contributed by atoms with Crippen molar-refractivity contribution in [3.05, 3.63) is 54.2 Å². The number of nitrogens with zero attached hydrogens (tertiary/aromatic N) is 4. The summed E-state index contributed by atoms with van der Waals surface area (Å²) in [6, 6.07) is 10.6. The van der Waals surface area contributed by atoms with Crippen LogP contribution in [0.3, 0.4) is 0 Å². The topological polar surface area (TPSA) is 43.6 Å². The summed E-state index contributed by atoms with van der Waals surface area (Å²) in [4.78, 5) is 13.1. The molecule has 2 heterocycles. The predicted octanol–water partition coefficient (Wildman–Crippen LogP) is 3.53. The molecule has 0 saturated heterocycles. The average Bonchev–Trinajstić information content (AvgIpc) is 2.99. The van der Waals surface area contributed by atoms with Crippen molar-refractivity contribution in [3.63, 3.8) is 0 Å². The molecular formula is C17H19N4. The number of unbranched alkanes of at least 4 members (excludes halogenated alkanes) is 1. The first kappa shape index (κ1) is 13.7. The monoisotopic (exact) mass is 279 g/mol. The Morgan fingerprint density at radius 1 is 1.19 bits per heavy atom. The first-order valence-electron chi connectivity index (χ1n) is 7.45. The van der Waals surface area contributed by atoms with Gasteiger partial charge in [-0.3, -0.25) is 0 Å². The van der Waals surface area contributed by atoms with Gasteiger partial charge in [0.1, 0.15) is 17.8 Å². The van der Waals surface area contributed by atoms with E-state index in [9.17, 15) is 0 Å². The minimum Gasteiger partial charge on any atom is -0.319 e. The summed E-state index contributed by atoms with van der Waals surface area (Å²) in [5, 5.41) is 0.